The van der Waals surface area contributed by atoms with Gasteiger partial charge in [-0.3, -0.25) is 10.1 Å². The number of rotatable bonds is 6. The van der Waals surface area contributed by atoms with Crippen molar-refractivity contribution in [2.45, 2.75) is 20.0 Å². The minimum atomic E-state index is -0.986. The Morgan fingerprint density at radius 1 is 1.27 bits per heavy atom. The van der Waals surface area contributed by atoms with E-state index in [1.54, 1.807) is 19.1 Å². The van der Waals surface area contributed by atoms with Crippen LogP contribution in [0.2, 0.25) is 0 Å². The average Bonchev–Trinajstić information content (AvgIpc) is 3.35. The molecule has 3 rings (SSSR count). The number of carbonyl (C=O) groups is 2. The highest BCUT2D eigenvalue weighted by atomic mass is 32.1. The molecular formula is C18H16N2O4S2. The molecule has 3 heterocycles. The third kappa shape index (κ3) is 4.47. The highest BCUT2D eigenvalue weighted by molar-refractivity contribution is 7.12. The van der Waals surface area contributed by atoms with E-state index in [1.807, 2.05) is 35.0 Å². The zero-order valence-electron chi connectivity index (χ0n) is 14.1. The summed E-state index contributed by atoms with van der Waals surface area (Å²) in [4.78, 5) is 26.5. The van der Waals surface area contributed by atoms with Gasteiger partial charge >= 0.3 is 5.97 Å². The lowest BCUT2D eigenvalue weighted by molar-refractivity contribution is -0.147. The highest BCUT2D eigenvalue weighted by Crippen LogP contribution is 2.26. The van der Waals surface area contributed by atoms with E-state index < -0.39 is 18.0 Å². The van der Waals surface area contributed by atoms with E-state index in [-0.39, 0.29) is 5.88 Å². The summed E-state index contributed by atoms with van der Waals surface area (Å²) < 4.78 is 10.3. The number of amides is 1. The van der Waals surface area contributed by atoms with Crippen molar-refractivity contribution in [2.24, 2.45) is 0 Å². The first-order chi connectivity index (χ1) is 12.5. The van der Waals surface area contributed by atoms with Gasteiger partial charge in [0.15, 0.2) is 6.10 Å². The van der Waals surface area contributed by atoms with E-state index in [1.165, 1.54) is 29.6 Å². The molecule has 8 heteroatoms. The summed E-state index contributed by atoms with van der Waals surface area (Å²) in [7, 11) is 0. The van der Waals surface area contributed by atoms with Crippen molar-refractivity contribution < 1.29 is 18.8 Å². The maximum absolute atomic E-state index is 12.6. The van der Waals surface area contributed by atoms with Crippen LogP contribution in [0.3, 0.4) is 0 Å². The number of esters is 1. The molecule has 0 bridgehead atoms. The zero-order chi connectivity index (χ0) is 18.5. The molecule has 3 aromatic heterocycles. The molecule has 0 aliphatic rings. The molecule has 0 aliphatic carbocycles. The predicted octanol–water partition coefficient (Wildman–Crippen LogP) is 4.22. The number of nitrogens with zero attached hydrogens (tertiary/aromatic N) is 1. The Morgan fingerprint density at radius 2 is 2.04 bits per heavy atom. The van der Waals surface area contributed by atoms with Crippen LogP contribution in [0.25, 0.3) is 11.6 Å². The lowest BCUT2D eigenvalue weighted by Crippen LogP contribution is -2.30. The molecule has 0 unspecified atom stereocenters. The fraction of sp³-hybridized carbons (Fsp3) is 0.167. The number of ether oxygens (including phenoxy) is 1. The van der Waals surface area contributed by atoms with Gasteiger partial charge in [-0.05, 0) is 42.8 Å². The molecule has 1 amide bonds. The van der Waals surface area contributed by atoms with Crippen molar-refractivity contribution in [3.63, 3.8) is 0 Å². The molecule has 134 valence electrons. The van der Waals surface area contributed by atoms with Crippen LogP contribution in [0.4, 0.5) is 5.88 Å². The average molecular weight is 388 g/mol. The standard InChI is InChI=1S/C18H16N2O4S2/c1-11-9-16(24-20-11)19-17(21)12(2)23-18(22)14(15-6-4-8-26-15)10-13-5-3-7-25-13/h3-10,12H,1-2H3,(H,19,21)/b14-10+/t12-/m1/s1. The Bertz CT molecular complexity index is 911. The van der Waals surface area contributed by atoms with Gasteiger partial charge < -0.3 is 9.26 Å². The third-order valence-corrected chi connectivity index (χ3v) is 5.09. The number of aromatic nitrogens is 1. The molecule has 1 atom stereocenters. The van der Waals surface area contributed by atoms with Crippen LogP contribution < -0.4 is 5.32 Å². The maximum atomic E-state index is 12.6. The molecule has 0 aromatic carbocycles. The number of hydrogen-bond acceptors (Lipinski definition) is 7. The summed E-state index contributed by atoms with van der Waals surface area (Å²) in [6.45, 7) is 3.25. The van der Waals surface area contributed by atoms with Crippen molar-refractivity contribution in [1.82, 2.24) is 5.16 Å². The molecule has 1 N–H and O–H groups in total. The predicted molar refractivity (Wildman–Crippen MR) is 102 cm³/mol. The van der Waals surface area contributed by atoms with Gasteiger partial charge in [0.05, 0.1) is 11.3 Å². The lowest BCUT2D eigenvalue weighted by atomic mass is 10.2. The van der Waals surface area contributed by atoms with Crippen LogP contribution in [-0.2, 0) is 14.3 Å². The molecule has 0 saturated carbocycles. The molecule has 0 fully saturated rings. The van der Waals surface area contributed by atoms with Gasteiger partial charge in [-0.15, -0.1) is 22.7 Å². The maximum Gasteiger partial charge on any atom is 0.340 e. The summed E-state index contributed by atoms with van der Waals surface area (Å²) in [5, 5.41) is 10.0. The smallest absolute Gasteiger partial charge is 0.340 e. The Hall–Kier alpha value is -2.71. The molecule has 3 aromatic rings. The first-order valence-electron chi connectivity index (χ1n) is 7.77. The van der Waals surface area contributed by atoms with Gasteiger partial charge in [-0.1, -0.05) is 17.3 Å². The van der Waals surface area contributed by atoms with E-state index in [0.29, 0.717) is 11.3 Å². The second kappa shape index (κ2) is 8.11. The van der Waals surface area contributed by atoms with Crippen molar-refractivity contribution in [2.75, 3.05) is 5.32 Å². The summed E-state index contributed by atoms with van der Waals surface area (Å²) in [6, 6.07) is 9.10. The van der Waals surface area contributed by atoms with Gasteiger partial charge in [0.2, 0.25) is 5.88 Å². The monoisotopic (exact) mass is 388 g/mol. The first-order valence-corrected chi connectivity index (χ1v) is 9.53. The van der Waals surface area contributed by atoms with Gasteiger partial charge in [0.25, 0.3) is 5.91 Å². The van der Waals surface area contributed by atoms with Gasteiger partial charge in [-0.25, -0.2) is 4.79 Å². The second-order valence-corrected chi connectivity index (χ2v) is 7.35. The number of aryl methyl sites for hydroxylation is 1. The summed E-state index contributed by atoms with van der Waals surface area (Å²) in [5.74, 6) is -0.837. The summed E-state index contributed by atoms with van der Waals surface area (Å²) in [5.41, 5.74) is 1.06. The van der Waals surface area contributed by atoms with Crippen LogP contribution in [0.5, 0.6) is 0 Å². The second-order valence-electron chi connectivity index (χ2n) is 5.42. The quantitative estimate of drug-likeness (QED) is 0.505. The molecule has 0 saturated heterocycles. The molecule has 0 spiro atoms. The van der Waals surface area contributed by atoms with Crippen molar-refractivity contribution in [3.8, 4) is 0 Å². The molecule has 0 aliphatic heterocycles. The van der Waals surface area contributed by atoms with Gasteiger partial charge in [0.1, 0.15) is 0 Å². The summed E-state index contributed by atoms with van der Waals surface area (Å²) in [6.07, 6.45) is 0.781. The van der Waals surface area contributed by atoms with E-state index in [0.717, 1.165) is 9.75 Å². The topological polar surface area (TPSA) is 81.4 Å². The Morgan fingerprint density at radius 3 is 2.65 bits per heavy atom. The van der Waals surface area contributed by atoms with Gasteiger partial charge in [0, 0.05) is 15.8 Å². The van der Waals surface area contributed by atoms with E-state index >= 15 is 0 Å². The molecule has 26 heavy (non-hydrogen) atoms. The van der Waals surface area contributed by atoms with Crippen LogP contribution >= 0.6 is 22.7 Å². The number of hydrogen-bond donors (Lipinski definition) is 1. The number of nitrogens with one attached hydrogen (secondary N) is 1. The van der Waals surface area contributed by atoms with E-state index in [2.05, 4.69) is 10.5 Å². The summed E-state index contributed by atoms with van der Waals surface area (Å²) >= 11 is 2.95. The van der Waals surface area contributed by atoms with E-state index in [4.69, 9.17) is 9.26 Å². The Balaban J connectivity index is 1.72. The van der Waals surface area contributed by atoms with Crippen LogP contribution in [0.1, 0.15) is 22.4 Å². The normalized spacial score (nSPS) is 12.6. The van der Waals surface area contributed by atoms with Crippen molar-refractivity contribution >= 4 is 52.1 Å². The Kier molecular flexibility index (Phi) is 5.65. The SMILES string of the molecule is Cc1cc(NC(=O)[C@@H](C)OC(=O)/C(=C/c2cccs2)c2cccs2)on1. The fourth-order valence-corrected chi connectivity index (χ4v) is 3.49. The molecular weight excluding hydrogens is 372 g/mol. The lowest BCUT2D eigenvalue weighted by Gasteiger charge is -2.13. The largest absolute Gasteiger partial charge is 0.449 e. The number of carbonyl (C=O) groups excluding carboxylic acids is 2. The van der Waals surface area contributed by atoms with Crippen molar-refractivity contribution in [1.29, 1.82) is 0 Å². The zero-order valence-corrected chi connectivity index (χ0v) is 15.7. The third-order valence-electron chi connectivity index (χ3n) is 3.36. The first kappa shape index (κ1) is 18.1. The molecule has 6 nitrogen and oxygen atoms in total. The number of anilines is 1. The van der Waals surface area contributed by atoms with E-state index in [9.17, 15) is 9.59 Å². The van der Waals surface area contributed by atoms with Crippen LogP contribution in [-0.4, -0.2) is 23.1 Å². The van der Waals surface area contributed by atoms with Crippen LogP contribution in [0, 0.1) is 6.92 Å². The molecule has 0 radical (unpaired) electrons. The Labute approximate surface area is 158 Å². The van der Waals surface area contributed by atoms with Crippen molar-refractivity contribution in [3.05, 3.63) is 56.5 Å². The number of thiophene rings is 2. The van der Waals surface area contributed by atoms with Crippen LogP contribution in [0.15, 0.2) is 45.6 Å². The minimum Gasteiger partial charge on any atom is -0.449 e. The highest BCUT2D eigenvalue weighted by Gasteiger charge is 2.23. The van der Waals surface area contributed by atoms with Gasteiger partial charge in [-0.2, -0.15) is 0 Å². The minimum absolute atomic E-state index is 0.211. The fourth-order valence-electron chi connectivity index (χ4n) is 2.10.